The fraction of sp³-hybridized carbons (Fsp3) is 0.0667. The van der Waals surface area contributed by atoms with Crippen molar-refractivity contribution in [1.29, 1.82) is 0 Å². The van der Waals surface area contributed by atoms with E-state index in [9.17, 15) is 14.7 Å². The van der Waals surface area contributed by atoms with E-state index in [0.717, 1.165) is 0 Å². The molecule has 0 radical (unpaired) electrons. The van der Waals surface area contributed by atoms with Crippen molar-refractivity contribution >= 4 is 11.8 Å². The molecule has 0 bridgehead atoms. The predicted octanol–water partition coefficient (Wildman–Crippen LogP) is 2.35. The molecule has 102 valence electrons. The maximum atomic E-state index is 11.8. The van der Waals surface area contributed by atoms with Crippen LogP contribution >= 0.6 is 0 Å². The zero-order valence-electron chi connectivity index (χ0n) is 10.4. The van der Waals surface area contributed by atoms with Crippen molar-refractivity contribution in [3.63, 3.8) is 0 Å². The Morgan fingerprint density at radius 1 is 1.00 bits per heavy atom. The van der Waals surface area contributed by atoms with Crippen LogP contribution in [0.4, 0.5) is 0 Å². The van der Waals surface area contributed by atoms with Crippen molar-refractivity contribution in [2.45, 2.75) is 0 Å². The van der Waals surface area contributed by atoms with Gasteiger partial charge in [0.25, 0.3) is 0 Å². The second kappa shape index (κ2) is 5.88. The van der Waals surface area contributed by atoms with Crippen LogP contribution in [0.1, 0.15) is 20.7 Å². The molecule has 0 aliphatic rings. The zero-order chi connectivity index (χ0) is 14.5. The average Bonchev–Trinajstić information content (AvgIpc) is 2.45. The van der Waals surface area contributed by atoms with E-state index >= 15 is 0 Å². The molecule has 0 aromatic heterocycles. The minimum Gasteiger partial charge on any atom is -0.507 e. The number of Topliss-reactive ketones (excluding diaryl/α,β-unsaturated/α-hetero) is 1. The third kappa shape index (κ3) is 3.14. The standard InChI is InChI=1S/C15H12O5/c16-13-4-2-1-3-12(13)14(17)9-20-11-7-5-10(6-8-11)15(18)19/h1-8,16H,9H2,(H,18,19). The monoisotopic (exact) mass is 272 g/mol. The van der Waals surface area contributed by atoms with Gasteiger partial charge in [-0.3, -0.25) is 4.79 Å². The largest absolute Gasteiger partial charge is 0.507 e. The summed E-state index contributed by atoms with van der Waals surface area (Å²) in [6.07, 6.45) is 0. The molecule has 5 heteroatoms. The highest BCUT2D eigenvalue weighted by Crippen LogP contribution is 2.17. The molecule has 5 nitrogen and oxygen atoms in total. The normalized spacial score (nSPS) is 10.0. The number of hydrogen-bond acceptors (Lipinski definition) is 4. The second-order valence-corrected chi connectivity index (χ2v) is 4.06. The summed E-state index contributed by atoms with van der Waals surface area (Å²) in [5, 5.41) is 18.3. The van der Waals surface area contributed by atoms with Crippen molar-refractivity contribution in [2.75, 3.05) is 6.61 Å². The van der Waals surface area contributed by atoms with Gasteiger partial charge in [0.1, 0.15) is 11.5 Å². The molecule has 0 spiro atoms. The number of carboxylic acids is 1. The van der Waals surface area contributed by atoms with Gasteiger partial charge >= 0.3 is 5.97 Å². The summed E-state index contributed by atoms with van der Waals surface area (Å²) in [5.74, 6) is -1.09. The van der Waals surface area contributed by atoms with E-state index in [1.807, 2.05) is 0 Å². The number of phenolic OH excluding ortho intramolecular Hbond substituents is 1. The number of aromatic carboxylic acids is 1. The number of rotatable bonds is 5. The van der Waals surface area contributed by atoms with Gasteiger partial charge in [0.2, 0.25) is 5.78 Å². The minimum absolute atomic E-state index is 0.0951. The summed E-state index contributed by atoms with van der Waals surface area (Å²) in [7, 11) is 0. The van der Waals surface area contributed by atoms with Crippen molar-refractivity contribution in [2.24, 2.45) is 0 Å². The Morgan fingerprint density at radius 2 is 1.65 bits per heavy atom. The molecule has 0 saturated carbocycles. The average molecular weight is 272 g/mol. The predicted molar refractivity (Wildman–Crippen MR) is 71.3 cm³/mol. The molecule has 0 atom stereocenters. The Balaban J connectivity index is 2.00. The Kier molecular flexibility index (Phi) is 4.00. The number of carbonyl (C=O) groups excluding carboxylic acids is 1. The van der Waals surface area contributed by atoms with E-state index in [4.69, 9.17) is 9.84 Å². The van der Waals surface area contributed by atoms with Crippen LogP contribution in [0.5, 0.6) is 11.5 Å². The highest BCUT2D eigenvalue weighted by molar-refractivity contribution is 5.99. The number of phenols is 1. The molecule has 20 heavy (non-hydrogen) atoms. The molecule has 2 rings (SSSR count). The molecule has 2 N–H and O–H groups in total. The Labute approximate surface area is 115 Å². The van der Waals surface area contributed by atoms with Gasteiger partial charge in [-0.25, -0.2) is 4.79 Å². The first-order valence-electron chi connectivity index (χ1n) is 5.85. The maximum Gasteiger partial charge on any atom is 0.335 e. The third-order valence-electron chi connectivity index (χ3n) is 2.68. The van der Waals surface area contributed by atoms with Crippen LogP contribution in [0, 0.1) is 0 Å². The smallest absolute Gasteiger partial charge is 0.335 e. The van der Waals surface area contributed by atoms with Crippen molar-refractivity contribution < 1.29 is 24.5 Å². The molecule has 2 aromatic carbocycles. The number of benzene rings is 2. The van der Waals surface area contributed by atoms with Crippen molar-refractivity contribution in [1.82, 2.24) is 0 Å². The summed E-state index contributed by atoms with van der Waals surface area (Å²) in [5.41, 5.74) is 0.332. The van der Waals surface area contributed by atoms with Crippen molar-refractivity contribution in [3.8, 4) is 11.5 Å². The van der Waals surface area contributed by atoms with Crippen molar-refractivity contribution in [3.05, 3.63) is 59.7 Å². The lowest BCUT2D eigenvalue weighted by Gasteiger charge is -2.06. The van der Waals surface area contributed by atoms with Crippen LogP contribution in [0.25, 0.3) is 0 Å². The SMILES string of the molecule is O=C(O)c1ccc(OCC(=O)c2ccccc2O)cc1. The number of carbonyl (C=O) groups is 2. The van der Waals surface area contributed by atoms with Gasteiger partial charge in [-0.05, 0) is 36.4 Å². The highest BCUT2D eigenvalue weighted by atomic mass is 16.5. The van der Waals surface area contributed by atoms with Crippen LogP contribution in [0.15, 0.2) is 48.5 Å². The Bertz CT molecular complexity index is 631. The molecule has 0 heterocycles. The van der Waals surface area contributed by atoms with Gasteiger partial charge in [0.05, 0.1) is 11.1 Å². The minimum atomic E-state index is -1.03. The topological polar surface area (TPSA) is 83.8 Å². The fourth-order valence-corrected chi connectivity index (χ4v) is 1.63. The molecule has 2 aromatic rings. The number of ketones is 1. The fourth-order valence-electron chi connectivity index (χ4n) is 1.63. The van der Waals surface area contributed by atoms with E-state index in [0.29, 0.717) is 5.75 Å². The van der Waals surface area contributed by atoms with Crippen LogP contribution < -0.4 is 4.74 Å². The summed E-state index contributed by atoms with van der Waals surface area (Å²) >= 11 is 0. The number of hydrogen-bond donors (Lipinski definition) is 2. The molecular weight excluding hydrogens is 260 g/mol. The van der Waals surface area contributed by atoms with E-state index in [1.54, 1.807) is 12.1 Å². The van der Waals surface area contributed by atoms with E-state index in [1.165, 1.54) is 36.4 Å². The quantitative estimate of drug-likeness (QED) is 0.816. The summed E-state index contributed by atoms with van der Waals surface area (Å²) in [4.78, 5) is 22.5. The van der Waals surface area contributed by atoms with E-state index in [-0.39, 0.29) is 29.3 Å². The van der Waals surface area contributed by atoms with Crippen LogP contribution in [0.3, 0.4) is 0 Å². The number of carboxylic acid groups (broad SMARTS) is 1. The Hall–Kier alpha value is -2.82. The third-order valence-corrected chi connectivity index (χ3v) is 2.68. The molecule has 0 saturated heterocycles. The molecular formula is C15H12O5. The van der Waals surface area contributed by atoms with Gasteiger partial charge in [0.15, 0.2) is 6.61 Å². The molecule has 0 unspecified atom stereocenters. The second-order valence-electron chi connectivity index (χ2n) is 4.06. The lowest BCUT2D eigenvalue weighted by Crippen LogP contribution is -2.11. The first-order chi connectivity index (χ1) is 9.58. The van der Waals surface area contributed by atoms with E-state index in [2.05, 4.69) is 0 Å². The molecule has 0 aliphatic heterocycles. The van der Waals surface area contributed by atoms with E-state index < -0.39 is 5.97 Å². The lowest BCUT2D eigenvalue weighted by molar-refractivity contribution is 0.0696. The number of ether oxygens (including phenoxy) is 1. The first-order valence-corrected chi connectivity index (χ1v) is 5.85. The van der Waals surface area contributed by atoms with Crippen LogP contribution in [-0.4, -0.2) is 28.6 Å². The van der Waals surface area contributed by atoms with Crippen LogP contribution in [0.2, 0.25) is 0 Å². The summed E-state index contributed by atoms with van der Waals surface area (Å²) in [6, 6.07) is 11.9. The maximum absolute atomic E-state index is 11.8. The van der Waals surface area contributed by atoms with Gasteiger partial charge in [0, 0.05) is 0 Å². The Morgan fingerprint density at radius 3 is 2.25 bits per heavy atom. The molecule has 0 aliphatic carbocycles. The van der Waals surface area contributed by atoms with Gasteiger partial charge in [-0.1, -0.05) is 12.1 Å². The number of para-hydroxylation sites is 1. The highest BCUT2D eigenvalue weighted by Gasteiger charge is 2.11. The summed E-state index contributed by atoms with van der Waals surface area (Å²) in [6.45, 7) is -0.232. The summed E-state index contributed by atoms with van der Waals surface area (Å²) < 4.78 is 5.26. The van der Waals surface area contributed by atoms with Gasteiger partial charge in [-0.2, -0.15) is 0 Å². The number of aromatic hydroxyl groups is 1. The van der Waals surface area contributed by atoms with Gasteiger partial charge in [-0.15, -0.1) is 0 Å². The zero-order valence-corrected chi connectivity index (χ0v) is 10.4. The van der Waals surface area contributed by atoms with Crippen LogP contribution in [-0.2, 0) is 0 Å². The molecule has 0 amide bonds. The lowest BCUT2D eigenvalue weighted by atomic mass is 10.1. The van der Waals surface area contributed by atoms with Gasteiger partial charge < -0.3 is 14.9 Å². The molecule has 0 fully saturated rings. The first kappa shape index (κ1) is 13.6.